The van der Waals surface area contributed by atoms with Gasteiger partial charge in [0.15, 0.2) is 5.82 Å². The molecule has 0 aliphatic heterocycles. The second kappa shape index (κ2) is 6.40. The van der Waals surface area contributed by atoms with E-state index in [9.17, 15) is 5.11 Å². The number of aromatic hydroxyl groups is 1. The number of nitrogens with zero attached hydrogens (tertiary/aromatic N) is 2. The van der Waals surface area contributed by atoms with E-state index in [2.05, 4.69) is 20.3 Å². The fourth-order valence-electron chi connectivity index (χ4n) is 2.78. The van der Waals surface area contributed by atoms with Crippen molar-refractivity contribution in [3.05, 3.63) is 60.3 Å². The average Bonchev–Trinajstić information content (AvgIpc) is 3.13. The molecule has 0 unspecified atom stereocenters. The summed E-state index contributed by atoms with van der Waals surface area (Å²) in [6.45, 7) is 2.03. The van der Waals surface area contributed by atoms with Crippen LogP contribution in [0.4, 0.5) is 5.69 Å². The molecule has 2 aromatic heterocycles. The number of hydrogen-bond donors (Lipinski definition) is 3. The van der Waals surface area contributed by atoms with Crippen LogP contribution in [-0.4, -0.2) is 27.1 Å². The van der Waals surface area contributed by atoms with Crippen LogP contribution < -0.4 is 10.1 Å². The lowest BCUT2D eigenvalue weighted by Crippen LogP contribution is -1.97. The molecule has 4 rings (SSSR count). The number of benzene rings is 2. The molecular weight excluding hydrogens is 328 g/mol. The van der Waals surface area contributed by atoms with E-state index < -0.39 is 0 Å². The van der Waals surface area contributed by atoms with Crippen molar-refractivity contribution >= 4 is 16.7 Å². The number of aromatic nitrogens is 3. The summed E-state index contributed by atoms with van der Waals surface area (Å²) in [7, 11) is 1.88. The first-order valence-corrected chi connectivity index (χ1v) is 8.25. The molecule has 130 valence electrons. The normalized spacial score (nSPS) is 10.8. The van der Waals surface area contributed by atoms with Gasteiger partial charge in [-0.3, -0.25) is 0 Å². The standard InChI is InChI=1S/C20H18N4O2/c1-12-3-8-15(11-17(12)21-2)26-20-18-16(9-10-22-18)23-19(24-20)13-4-6-14(25)7-5-13/h3-11,21-22,25H,1-2H3. The maximum atomic E-state index is 9.49. The second-order valence-electron chi connectivity index (χ2n) is 5.97. The maximum Gasteiger partial charge on any atom is 0.247 e. The van der Waals surface area contributed by atoms with Crippen LogP contribution in [0.3, 0.4) is 0 Å². The Labute approximate surface area is 150 Å². The Balaban J connectivity index is 1.79. The van der Waals surface area contributed by atoms with Gasteiger partial charge in [-0.2, -0.15) is 4.98 Å². The summed E-state index contributed by atoms with van der Waals surface area (Å²) in [4.78, 5) is 12.3. The van der Waals surface area contributed by atoms with Crippen molar-refractivity contribution in [1.29, 1.82) is 0 Å². The first-order valence-electron chi connectivity index (χ1n) is 8.25. The molecular formula is C20H18N4O2. The topological polar surface area (TPSA) is 83.1 Å². The number of rotatable bonds is 4. The van der Waals surface area contributed by atoms with Crippen molar-refractivity contribution in [2.75, 3.05) is 12.4 Å². The Hall–Kier alpha value is -3.54. The van der Waals surface area contributed by atoms with Crippen LogP contribution in [0.2, 0.25) is 0 Å². The van der Waals surface area contributed by atoms with Crippen molar-refractivity contribution in [2.45, 2.75) is 6.92 Å². The predicted molar refractivity (Wildman–Crippen MR) is 102 cm³/mol. The third kappa shape index (κ3) is 2.93. The van der Waals surface area contributed by atoms with Gasteiger partial charge < -0.3 is 20.1 Å². The zero-order valence-corrected chi connectivity index (χ0v) is 14.4. The fraction of sp³-hybridized carbons (Fsp3) is 0.100. The summed E-state index contributed by atoms with van der Waals surface area (Å²) in [6, 6.07) is 14.5. The lowest BCUT2D eigenvalue weighted by molar-refractivity contribution is 0.468. The third-order valence-electron chi connectivity index (χ3n) is 4.19. The van der Waals surface area contributed by atoms with E-state index in [1.807, 2.05) is 38.2 Å². The van der Waals surface area contributed by atoms with Gasteiger partial charge >= 0.3 is 0 Å². The molecule has 0 bridgehead atoms. The van der Waals surface area contributed by atoms with Gasteiger partial charge in [0.2, 0.25) is 5.88 Å². The van der Waals surface area contributed by atoms with Crippen LogP contribution in [0.1, 0.15) is 5.56 Å². The van der Waals surface area contributed by atoms with Gasteiger partial charge in [-0.05, 0) is 48.9 Å². The first-order chi connectivity index (χ1) is 12.6. The minimum Gasteiger partial charge on any atom is -0.508 e. The Bertz CT molecular complexity index is 1070. The monoisotopic (exact) mass is 346 g/mol. The van der Waals surface area contributed by atoms with E-state index in [4.69, 9.17) is 4.74 Å². The highest BCUT2D eigenvalue weighted by Gasteiger charge is 2.13. The van der Waals surface area contributed by atoms with E-state index in [-0.39, 0.29) is 5.75 Å². The second-order valence-corrected chi connectivity index (χ2v) is 5.97. The van der Waals surface area contributed by atoms with Crippen LogP contribution in [0.5, 0.6) is 17.4 Å². The minimum atomic E-state index is 0.201. The molecule has 6 nitrogen and oxygen atoms in total. The van der Waals surface area contributed by atoms with E-state index in [1.165, 1.54) is 0 Å². The third-order valence-corrected chi connectivity index (χ3v) is 4.19. The number of H-pyrrole nitrogens is 1. The number of aromatic amines is 1. The Morgan fingerprint density at radius 2 is 1.85 bits per heavy atom. The van der Waals surface area contributed by atoms with E-state index >= 15 is 0 Å². The molecule has 0 atom stereocenters. The molecule has 0 fully saturated rings. The number of nitrogens with one attached hydrogen (secondary N) is 2. The molecule has 2 heterocycles. The molecule has 0 aliphatic carbocycles. The SMILES string of the molecule is CNc1cc(Oc2nc(-c3ccc(O)cc3)nc3cc[nH]c23)ccc1C. The molecule has 0 saturated carbocycles. The van der Waals surface area contributed by atoms with Crippen LogP contribution in [0.25, 0.3) is 22.4 Å². The predicted octanol–water partition coefficient (Wildman–Crippen LogP) is 4.47. The number of aryl methyl sites for hydroxylation is 1. The summed E-state index contributed by atoms with van der Waals surface area (Å²) >= 11 is 0. The fourth-order valence-corrected chi connectivity index (χ4v) is 2.78. The molecule has 0 radical (unpaired) electrons. The summed E-state index contributed by atoms with van der Waals surface area (Å²) in [5.41, 5.74) is 4.43. The first kappa shape index (κ1) is 16.0. The average molecular weight is 346 g/mol. The number of phenols is 1. The summed E-state index contributed by atoms with van der Waals surface area (Å²) in [5, 5.41) is 12.6. The number of ether oxygens (including phenoxy) is 1. The van der Waals surface area contributed by atoms with Gasteiger partial charge in [0.05, 0.1) is 5.52 Å². The molecule has 2 aromatic carbocycles. The van der Waals surface area contributed by atoms with Crippen molar-refractivity contribution in [2.24, 2.45) is 0 Å². The lowest BCUT2D eigenvalue weighted by Gasteiger charge is -2.11. The van der Waals surface area contributed by atoms with Gasteiger partial charge in [-0.15, -0.1) is 0 Å². The highest BCUT2D eigenvalue weighted by molar-refractivity contribution is 5.82. The molecule has 0 spiro atoms. The highest BCUT2D eigenvalue weighted by atomic mass is 16.5. The Morgan fingerprint density at radius 1 is 1.04 bits per heavy atom. The lowest BCUT2D eigenvalue weighted by atomic mass is 10.2. The zero-order chi connectivity index (χ0) is 18.1. The highest BCUT2D eigenvalue weighted by Crippen LogP contribution is 2.31. The zero-order valence-electron chi connectivity index (χ0n) is 14.4. The number of anilines is 1. The molecule has 3 N–H and O–H groups in total. The Kier molecular flexibility index (Phi) is 3.93. The Morgan fingerprint density at radius 3 is 2.62 bits per heavy atom. The van der Waals surface area contributed by atoms with Crippen LogP contribution in [-0.2, 0) is 0 Å². The van der Waals surface area contributed by atoms with Gasteiger partial charge in [-0.1, -0.05) is 6.07 Å². The van der Waals surface area contributed by atoms with Crippen LogP contribution >= 0.6 is 0 Å². The van der Waals surface area contributed by atoms with Gasteiger partial charge in [-0.25, -0.2) is 4.98 Å². The van der Waals surface area contributed by atoms with Crippen LogP contribution in [0, 0.1) is 6.92 Å². The summed E-state index contributed by atoms with van der Waals surface area (Å²) in [5.74, 6) is 1.88. The van der Waals surface area contributed by atoms with E-state index in [0.717, 1.165) is 27.8 Å². The van der Waals surface area contributed by atoms with Gasteiger partial charge in [0.25, 0.3) is 0 Å². The van der Waals surface area contributed by atoms with Crippen molar-refractivity contribution in [1.82, 2.24) is 15.0 Å². The van der Waals surface area contributed by atoms with Gasteiger partial charge in [0.1, 0.15) is 17.0 Å². The van der Waals surface area contributed by atoms with E-state index in [0.29, 0.717) is 17.5 Å². The summed E-state index contributed by atoms with van der Waals surface area (Å²) < 4.78 is 6.06. The molecule has 6 heteroatoms. The van der Waals surface area contributed by atoms with Crippen LogP contribution in [0.15, 0.2) is 54.7 Å². The smallest absolute Gasteiger partial charge is 0.247 e. The quantitative estimate of drug-likeness (QED) is 0.508. The van der Waals surface area contributed by atoms with Crippen molar-refractivity contribution in [3.8, 4) is 28.8 Å². The molecule has 26 heavy (non-hydrogen) atoms. The minimum absolute atomic E-state index is 0.201. The number of fused-ring (bicyclic) bond motifs is 1. The number of phenolic OH excluding ortho intramolecular Hbond substituents is 1. The van der Waals surface area contributed by atoms with E-state index in [1.54, 1.807) is 30.5 Å². The van der Waals surface area contributed by atoms with Gasteiger partial charge in [0, 0.05) is 30.6 Å². The molecule has 0 amide bonds. The molecule has 0 aliphatic rings. The van der Waals surface area contributed by atoms with Crippen molar-refractivity contribution in [3.63, 3.8) is 0 Å². The maximum absolute atomic E-state index is 9.49. The molecule has 0 saturated heterocycles. The van der Waals surface area contributed by atoms with Crippen molar-refractivity contribution < 1.29 is 9.84 Å². The molecule has 4 aromatic rings. The summed E-state index contributed by atoms with van der Waals surface area (Å²) in [6.07, 6.45) is 1.81. The number of hydrogen-bond acceptors (Lipinski definition) is 5. The largest absolute Gasteiger partial charge is 0.508 e.